The van der Waals surface area contributed by atoms with Crippen molar-refractivity contribution in [3.8, 4) is 11.4 Å². The van der Waals surface area contributed by atoms with Gasteiger partial charge >= 0.3 is 5.69 Å². The number of nitrogens with one attached hydrogen (secondary N) is 3. The number of nitrogens with zero attached hydrogens (tertiary/aromatic N) is 3. The zero-order valence-corrected chi connectivity index (χ0v) is 11.7. The Hall–Kier alpha value is -3.06. The number of H-pyrrole nitrogens is 1. The van der Waals surface area contributed by atoms with E-state index >= 15 is 0 Å². The van der Waals surface area contributed by atoms with E-state index in [-0.39, 0.29) is 5.95 Å². The molecule has 2 aromatic heterocycles. The highest BCUT2D eigenvalue weighted by atomic mass is 16.1. The molecule has 0 amide bonds. The van der Waals surface area contributed by atoms with Gasteiger partial charge in [0.05, 0.1) is 0 Å². The maximum Gasteiger partial charge on any atom is 0.349 e. The second-order valence-corrected chi connectivity index (χ2v) is 4.53. The summed E-state index contributed by atoms with van der Waals surface area (Å²) in [5, 5.41) is 0. The van der Waals surface area contributed by atoms with Crippen LogP contribution in [0.4, 0.5) is 5.95 Å². The summed E-state index contributed by atoms with van der Waals surface area (Å²) in [4.78, 5) is 26.2. The first-order chi connectivity index (χ1) is 10.8. The molecule has 7 heteroatoms. The molecule has 3 N–H and O–H groups in total. The SMILES string of the molecule is O=c1nc(NNCc2ccccc2)nc(-c2ccncc2)[nH]1. The summed E-state index contributed by atoms with van der Waals surface area (Å²) in [6.45, 7) is 0.585. The zero-order chi connectivity index (χ0) is 15.2. The molecule has 22 heavy (non-hydrogen) atoms. The largest absolute Gasteiger partial charge is 0.349 e. The van der Waals surface area contributed by atoms with Gasteiger partial charge in [-0.05, 0) is 17.7 Å². The smallest absolute Gasteiger partial charge is 0.290 e. The topological polar surface area (TPSA) is 95.6 Å². The first-order valence-corrected chi connectivity index (χ1v) is 6.73. The van der Waals surface area contributed by atoms with Gasteiger partial charge in [0, 0.05) is 24.5 Å². The Kier molecular flexibility index (Phi) is 4.17. The van der Waals surface area contributed by atoms with Crippen LogP contribution in [0.2, 0.25) is 0 Å². The maximum atomic E-state index is 11.6. The highest BCUT2D eigenvalue weighted by Crippen LogP contribution is 2.11. The molecule has 0 unspecified atom stereocenters. The summed E-state index contributed by atoms with van der Waals surface area (Å²) in [5.74, 6) is 0.651. The molecule has 7 nitrogen and oxygen atoms in total. The van der Waals surface area contributed by atoms with Crippen LogP contribution in [0.1, 0.15) is 5.56 Å². The first-order valence-electron chi connectivity index (χ1n) is 6.73. The van der Waals surface area contributed by atoms with Gasteiger partial charge in [0.25, 0.3) is 0 Å². The summed E-state index contributed by atoms with van der Waals surface area (Å²) in [6, 6.07) is 13.4. The van der Waals surface area contributed by atoms with Crippen LogP contribution in [-0.2, 0) is 6.54 Å². The average Bonchev–Trinajstić information content (AvgIpc) is 2.56. The van der Waals surface area contributed by atoms with Gasteiger partial charge in [0.2, 0.25) is 5.95 Å². The van der Waals surface area contributed by atoms with Gasteiger partial charge in [-0.1, -0.05) is 30.3 Å². The van der Waals surface area contributed by atoms with Gasteiger partial charge < -0.3 is 0 Å². The molecule has 0 aliphatic rings. The van der Waals surface area contributed by atoms with E-state index in [1.165, 1.54) is 0 Å². The molecule has 0 saturated carbocycles. The lowest BCUT2D eigenvalue weighted by atomic mass is 10.2. The number of benzene rings is 1. The quantitative estimate of drug-likeness (QED) is 0.615. The van der Waals surface area contributed by atoms with E-state index in [2.05, 4.69) is 30.8 Å². The van der Waals surface area contributed by atoms with Crippen molar-refractivity contribution in [2.45, 2.75) is 6.54 Å². The molecule has 0 fully saturated rings. The Morgan fingerprint density at radius 2 is 1.77 bits per heavy atom. The second-order valence-electron chi connectivity index (χ2n) is 4.53. The predicted molar refractivity (Wildman–Crippen MR) is 82.8 cm³/mol. The number of aromatic amines is 1. The third kappa shape index (κ3) is 3.53. The number of anilines is 1. The van der Waals surface area contributed by atoms with E-state index in [0.717, 1.165) is 11.1 Å². The molecule has 3 aromatic rings. The van der Waals surface area contributed by atoms with Crippen molar-refractivity contribution in [1.82, 2.24) is 25.4 Å². The third-order valence-electron chi connectivity index (χ3n) is 2.94. The minimum absolute atomic E-state index is 0.214. The molecule has 0 spiro atoms. The van der Waals surface area contributed by atoms with Crippen LogP contribution in [0.25, 0.3) is 11.4 Å². The third-order valence-corrected chi connectivity index (χ3v) is 2.94. The van der Waals surface area contributed by atoms with E-state index in [4.69, 9.17) is 0 Å². The van der Waals surface area contributed by atoms with Crippen LogP contribution in [0.5, 0.6) is 0 Å². The van der Waals surface area contributed by atoms with E-state index < -0.39 is 5.69 Å². The van der Waals surface area contributed by atoms with Crippen LogP contribution >= 0.6 is 0 Å². The van der Waals surface area contributed by atoms with Crippen molar-refractivity contribution >= 4 is 5.95 Å². The standard InChI is InChI=1S/C15H14N6O/c22-15-19-13(12-6-8-16-9-7-12)18-14(20-15)21-17-10-11-4-2-1-3-5-11/h1-9,17H,10H2,(H2,18,19,20,21,22). The van der Waals surface area contributed by atoms with Gasteiger partial charge in [-0.3, -0.25) is 15.4 Å². The summed E-state index contributed by atoms with van der Waals surface area (Å²) in [7, 11) is 0. The average molecular weight is 294 g/mol. The lowest BCUT2D eigenvalue weighted by Crippen LogP contribution is -2.25. The molecule has 0 saturated heterocycles. The Morgan fingerprint density at radius 3 is 2.55 bits per heavy atom. The monoisotopic (exact) mass is 294 g/mol. The van der Waals surface area contributed by atoms with E-state index in [1.54, 1.807) is 24.5 Å². The molecule has 0 aliphatic carbocycles. The summed E-state index contributed by atoms with van der Waals surface area (Å²) in [5.41, 5.74) is 7.22. The Balaban J connectivity index is 1.72. The maximum absolute atomic E-state index is 11.6. The number of rotatable bonds is 5. The summed E-state index contributed by atoms with van der Waals surface area (Å²) < 4.78 is 0. The molecule has 110 valence electrons. The van der Waals surface area contributed by atoms with E-state index in [0.29, 0.717) is 12.4 Å². The van der Waals surface area contributed by atoms with Crippen molar-refractivity contribution in [2.24, 2.45) is 0 Å². The Bertz CT molecular complexity index is 788. The predicted octanol–water partition coefficient (Wildman–Crippen LogP) is 1.34. The molecular formula is C15H14N6O. The Morgan fingerprint density at radius 1 is 1.00 bits per heavy atom. The number of hydrogen-bond acceptors (Lipinski definition) is 6. The van der Waals surface area contributed by atoms with Crippen LogP contribution in [0, 0.1) is 0 Å². The van der Waals surface area contributed by atoms with Gasteiger partial charge in [-0.15, -0.1) is 0 Å². The summed E-state index contributed by atoms with van der Waals surface area (Å²) >= 11 is 0. The minimum Gasteiger partial charge on any atom is -0.290 e. The lowest BCUT2D eigenvalue weighted by Gasteiger charge is -2.07. The highest BCUT2D eigenvalue weighted by molar-refractivity contribution is 5.54. The van der Waals surface area contributed by atoms with Crippen molar-refractivity contribution in [2.75, 3.05) is 5.43 Å². The van der Waals surface area contributed by atoms with Crippen LogP contribution in [0.3, 0.4) is 0 Å². The number of pyridine rings is 1. The van der Waals surface area contributed by atoms with Crippen molar-refractivity contribution in [3.63, 3.8) is 0 Å². The minimum atomic E-state index is -0.467. The molecule has 3 rings (SSSR count). The normalized spacial score (nSPS) is 10.4. The molecule has 0 aliphatic heterocycles. The first kappa shape index (κ1) is 13.9. The van der Waals surface area contributed by atoms with Crippen LogP contribution in [0.15, 0.2) is 59.7 Å². The van der Waals surface area contributed by atoms with Gasteiger partial charge in [-0.25, -0.2) is 10.2 Å². The lowest BCUT2D eigenvalue weighted by molar-refractivity contribution is 0.779. The number of hydrogen-bond donors (Lipinski definition) is 3. The Labute approximate surface area is 126 Å². The molecule has 1 aromatic carbocycles. The van der Waals surface area contributed by atoms with Crippen LogP contribution < -0.4 is 16.5 Å². The van der Waals surface area contributed by atoms with Crippen molar-refractivity contribution in [1.29, 1.82) is 0 Å². The molecule has 0 radical (unpaired) electrons. The zero-order valence-electron chi connectivity index (χ0n) is 11.7. The number of hydrazine groups is 1. The fraction of sp³-hybridized carbons (Fsp3) is 0.0667. The van der Waals surface area contributed by atoms with Gasteiger partial charge in [0.1, 0.15) is 5.82 Å². The van der Waals surface area contributed by atoms with Gasteiger partial charge in [-0.2, -0.15) is 9.97 Å². The fourth-order valence-electron chi connectivity index (χ4n) is 1.91. The highest BCUT2D eigenvalue weighted by Gasteiger charge is 2.04. The summed E-state index contributed by atoms with van der Waals surface area (Å²) in [6.07, 6.45) is 3.27. The van der Waals surface area contributed by atoms with E-state index in [9.17, 15) is 4.79 Å². The molecular weight excluding hydrogens is 280 g/mol. The van der Waals surface area contributed by atoms with Crippen molar-refractivity contribution in [3.05, 3.63) is 70.9 Å². The van der Waals surface area contributed by atoms with Gasteiger partial charge in [0.15, 0.2) is 0 Å². The van der Waals surface area contributed by atoms with Crippen LogP contribution in [-0.4, -0.2) is 19.9 Å². The molecule has 0 atom stereocenters. The number of aromatic nitrogens is 4. The molecule has 0 bridgehead atoms. The van der Waals surface area contributed by atoms with E-state index in [1.807, 2.05) is 30.3 Å². The fourth-order valence-corrected chi connectivity index (χ4v) is 1.91. The molecule has 2 heterocycles. The second kappa shape index (κ2) is 6.59. The van der Waals surface area contributed by atoms with Crippen molar-refractivity contribution < 1.29 is 0 Å².